The first kappa shape index (κ1) is 15.3. The van der Waals surface area contributed by atoms with Crippen molar-refractivity contribution in [3.8, 4) is 11.5 Å². The predicted molar refractivity (Wildman–Crippen MR) is 89.7 cm³/mol. The molecule has 5 heteroatoms. The van der Waals surface area contributed by atoms with Crippen LogP contribution in [-0.4, -0.2) is 25.0 Å². The summed E-state index contributed by atoms with van der Waals surface area (Å²) in [6.07, 6.45) is 3.25. The number of pyridine rings is 1. The molecule has 3 rings (SSSR count). The predicted octanol–water partition coefficient (Wildman–Crippen LogP) is 4.14. The Morgan fingerprint density at radius 1 is 1.00 bits per heavy atom. The average Bonchev–Trinajstić information content (AvgIpc) is 2.60. The quantitative estimate of drug-likeness (QED) is 0.676. The van der Waals surface area contributed by atoms with Crippen LogP contribution >= 0.6 is 11.6 Å². The molecule has 1 heterocycles. The first-order valence-electron chi connectivity index (χ1n) is 6.94. The van der Waals surface area contributed by atoms with Crippen molar-refractivity contribution in [3.05, 3.63) is 64.9 Å². The Morgan fingerprint density at radius 3 is 2.30 bits per heavy atom. The maximum atomic E-state index is 12.8. The molecule has 23 heavy (non-hydrogen) atoms. The number of ether oxygens (including phenoxy) is 2. The highest BCUT2D eigenvalue weighted by molar-refractivity contribution is 6.30. The summed E-state index contributed by atoms with van der Waals surface area (Å²) in [5.41, 5.74) is 1.06. The molecule has 0 bridgehead atoms. The lowest BCUT2D eigenvalue weighted by Gasteiger charge is -2.11. The van der Waals surface area contributed by atoms with Gasteiger partial charge in [-0.2, -0.15) is 0 Å². The van der Waals surface area contributed by atoms with E-state index >= 15 is 0 Å². The van der Waals surface area contributed by atoms with Crippen LogP contribution in [-0.2, 0) is 0 Å². The molecule has 1 aromatic heterocycles. The van der Waals surface area contributed by atoms with Gasteiger partial charge in [0.1, 0.15) is 0 Å². The van der Waals surface area contributed by atoms with Crippen LogP contribution < -0.4 is 9.47 Å². The van der Waals surface area contributed by atoms with Gasteiger partial charge in [0.2, 0.25) is 0 Å². The lowest BCUT2D eigenvalue weighted by molar-refractivity contribution is 0.104. The molecule has 0 aliphatic carbocycles. The van der Waals surface area contributed by atoms with E-state index < -0.39 is 0 Å². The smallest absolute Gasteiger partial charge is 0.195 e. The van der Waals surface area contributed by atoms with Gasteiger partial charge in [0.05, 0.1) is 14.2 Å². The summed E-state index contributed by atoms with van der Waals surface area (Å²) in [5, 5.41) is 2.16. The highest BCUT2D eigenvalue weighted by Gasteiger charge is 2.15. The van der Waals surface area contributed by atoms with Gasteiger partial charge in [-0.1, -0.05) is 11.6 Å². The van der Waals surface area contributed by atoms with E-state index in [9.17, 15) is 4.79 Å². The van der Waals surface area contributed by atoms with Gasteiger partial charge in [-0.25, -0.2) is 0 Å². The lowest BCUT2D eigenvalue weighted by atomic mass is 9.99. The summed E-state index contributed by atoms with van der Waals surface area (Å²) in [4.78, 5) is 16.9. The molecule has 0 aliphatic heterocycles. The number of carbonyl (C=O) groups excluding carboxylic acids is 1. The molecule has 0 saturated heterocycles. The van der Waals surface area contributed by atoms with Gasteiger partial charge in [0.25, 0.3) is 0 Å². The number of halogens is 1. The van der Waals surface area contributed by atoms with E-state index in [1.54, 1.807) is 63.0 Å². The maximum Gasteiger partial charge on any atom is 0.195 e. The Balaban J connectivity index is 2.17. The molecule has 0 amide bonds. The molecule has 0 unspecified atom stereocenters. The van der Waals surface area contributed by atoms with Crippen LogP contribution in [0.2, 0.25) is 5.02 Å². The van der Waals surface area contributed by atoms with E-state index in [2.05, 4.69) is 4.98 Å². The van der Waals surface area contributed by atoms with E-state index in [4.69, 9.17) is 21.1 Å². The number of rotatable bonds is 4. The van der Waals surface area contributed by atoms with Gasteiger partial charge in [-0.3, -0.25) is 9.78 Å². The standard InChI is InChI=1S/C18H14ClNO3/c1-22-16-7-12-9-20-10-15(14(12)8-17(16)23-2)18(21)11-3-5-13(19)6-4-11/h3-10H,1-2H3. The SMILES string of the molecule is COc1cc2cncc(C(=O)c3ccc(Cl)cc3)c2cc1OC. The zero-order chi connectivity index (χ0) is 16.4. The summed E-state index contributed by atoms with van der Waals surface area (Å²) >= 11 is 5.88. The van der Waals surface area contributed by atoms with Crippen molar-refractivity contribution in [2.75, 3.05) is 14.2 Å². The van der Waals surface area contributed by atoms with Crippen molar-refractivity contribution < 1.29 is 14.3 Å². The monoisotopic (exact) mass is 327 g/mol. The van der Waals surface area contributed by atoms with Crippen molar-refractivity contribution in [2.24, 2.45) is 0 Å². The Hall–Kier alpha value is -2.59. The second-order valence-electron chi connectivity index (χ2n) is 4.95. The number of aromatic nitrogens is 1. The molecular weight excluding hydrogens is 314 g/mol. The van der Waals surface area contributed by atoms with E-state index in [-0.39, 0.29) is 5.78 Å². The zero-order valence-corrected chi connectivity index (χ0v) is 13.4. The molecule has 4 nitrogen and oxygen atoms in total. The number of fused-ring (bicyclic) bond motifs is 1. The summed E-state index contributed by atoms with van der Waals surface area (Å²) in [6, 6.07) is 10.4. The lowest BCUT2D eigenvalue weighted by Crippen LogP contribution is -2.03. The largest absolute Gasteiger partial charge is 0.493 e. The van der Waals surface area contributed by atoms with Gasteiger partial charge >= 0.3 is 0 Å². The zero-order valence-electron chi connectivity index (χ0n) is 12.7. The maximum absolute atomic E-state index is 12.8. The van der Waals surface area contributed by atoms with Crippen LogP contribution in [0.25, 0.3) is 10.8 Å². The Morgan fingerprint density at radius 2 is 1.65 bits per heavy atom. The minimum Gasteiger partial charge on any atom is -0.493 e. The molecule has 3 aromatic rings. The van der Waals surface area contributed by atoms with Gasteiger partial charge in [-0.15, -0.1) is 0 Å². The number of ketones is 1. The van der Waals surface area contributed by atoms with Gasteiger partial charge < -0.3 is 9.47 Å². The fraction of sp³-hybridized carbons (Fsp3) is 0.111. The number of benzene rings is 2. The molecule has 2 aromatic carbocycles. The average molecular weight is 328 g/mol. The highest BCUT2D eigenvalue weighted by Crippen LogP contribution is 2.33. The second kappa shape index (κ2) is 6.26. The fourth-order valence-corrected chi connectivity index (χ4v) is 2.56. The molecule has 116 valence electrons. The number of methoxy groups -OCH3 is 2. The first-order valence-corrected chi connectivity index (χ1v) is 7.32. The number of hydrogen-bond acceptors (Lipinski definition) is 4. The highest BCUT2D eigenvalue weighted by atomic mass is 35.5. The Bertz CT molecular complexity index is 875. The summed E-state index contributed by atoms with van der Waals surface area (Å²) in [5.74, 6) is 1.04. The minimum absolute atomic E-state index is 0.119. The van der Waals surface area contributed by atoms with Crippen LogP contribution in [0.3, 0.4) is 0 Å². The third kappa shape index (κ3) is 2.85. The Kier molecular flexibility index (Phi) is 4.17. The molecule has 0 aliphatic rings. The van der Waals surface area contributed by atoms with E-state index in [0.29, 0.717) is 27.6 Å². The van der Waals surface area contributed by atoms with Gasteiger partial charge in [0, 0.05) is 33.9 Å². The second-order valence-corrected chi connectivity index (χ2v) is 5.39. The number of hydrogen-bond donors (Lipinski definition) is 0. The van der Waals surface area contributed by atoms with Crippen molar-refractivity contribution >= 4 is 28.2 Å². The fourth-order valence-electron chi connectivity index (χ4n) is 2.43. The van der Waals surface area contributed by atoms with Crippen LogP contribution in [0.4, 0.5) is 0 Å². The summed E-state index contributed by atoms with van der Waals surface area (Å²) < 4.78 is 10.6. The molecular formula is C18H14ClNO3. The number of nitrogens with zero attached hydrogens (tertiary/aromatic N) is 1. The van der Waals surface area contributed by atoms with Crippen LogP contribution in [0.1, 0.15) is 15.9 Å². The van der Waals surface area contributed by atoms with E-state index in [1.165, 1.54) is 0 Å². The van der Waals surface area contributed by atoms with E-state index in [0.717, 1.165) is 10.8 Å². The molecule has 0 spiro atoms. The van der Waals surface area contributed by atoms with Crippen molar-refractivity contribution in [3.63, 3.8) is 0 Å². The van der Waals surface area contributed by atoms with Crippen molar-refractivity contribution in [2.45, 2.75) is 0 Å². The van der Waals surface area contributed by atoms with Gasteiger partial charge in [-0.05, 0) is 41.8 Å². The van der Waals surface area contributed by atoms with Crippen molar-refractivity contribution in [1.82, 2.24) is 4.98 Å². The van der Waals surface area contributed by atoms with E-state index in [1.807, 2.05) is 0 Å². The molecule has 0 fully saturated rings. The van der Waals surface area contributed by atoms with Crippen LogP contribution in [0.15, 0.2) is 48.8 Å². The third-order valence-corrected chi connectivity index (χ3v) is 3.87. The first-order chi connectivity index (χ1) is 11.1. The van der Waals surface area contributed by atoms with Crippen LogP contribution in [0.5, 0.6) is 11.5 Å². The van der Waals surface area contributed by atoms with Crippen LogP contribution in [0, 0.1) is 0 Å². The van der Waals surface area contributed by atoms with Crippen molar-refractivity contribution in [1.29, 1.82) is 0 Å². The molecule has 0 N–H and O–H groups in total. The molecule has 0 saturated carbocycles. The summed E-state index contributed by atoms with van der Waals surface area (Å²) in [7, 11) is 3.13. The van der Waals surface area contributed by atoms with Gasteiger partial charge in [0.15, 0.2) is 17.3 Å². The third-order valence-electron chi connectivity index (χ3n) is 3.61. The number of carbonyl (C=O) groups is 1. The minimum atomic E-state index is -0.119. The topological polar surface area (TPSA) is 48.4 Å². The molecule has 0 atom stereocenters. The summed E-state index contributed by atoms with van der Waals surface area (Å²) in [6.45, 7) is 0. The normalized spacial score (nSPS) is 10.6. The molecule has 0 radical (unpaired) electrons. The Labute approximate surface area is 138 Å².